The van der Waals surface area contributed by atoms with Crippen LogP contribution in [0.4, 0.5) is 0 Å². The summed E-state index contributed by atoms with van der Waals surface area (Å²) >= 11 is 6.32. The predicted octanol–water partition coefficient (Wildman–Crippen LogP) is 8.26. The molecule has 0 saturated carbocycles. The van der Waals surface area contributed by atoms with Gasteiger partial charge < -0.3 is 0 Å². The molecule has 0 N–H and O–H groups in total. The van der Waals surface area contributed by atoms with Crippen LogP contribution in [-0.4, -0.2) is 5.88 Å². The van der Waals surface area contributed by atoms with Crippen LogP contribution in [0.25, 0.3) is 17.2 Å². The van der Waals surface area contributed by atoms with Gasteiger partial charge in [-0.3, -0.25) is 0 Å². The summed E-state index contributed by atoms with van der Waals surface area (Å²) < 4.78 is 0. The molecule has 0 fully saturated rings. The van der Waals surface area contributed by atoms with Crippen LogP contribution in [0.2, 0.25) is 0 Å². The van der Waals surface area contributed by atoms with Gasteiger partial charge in [-0.2, -0.15) is 0 Å². The van der Waals surface area contributed by atoms with E-state index >= 15 is 0 Å². The minimum Gasteiger partial charge on any atom is -0.126 e. The fourth-order valence-electron chi connectivity index (χ4n) is 4.60. The second kappa shape index (κ2) is 9.42. The zero-order valence-corrected chi connectivity index (χ0v) is 18.7. The molecular weight excluding hydrogens is 408 g/mol. The number of hydrogen-bond acceptors (Lipinski definition) is 0. The van der Waals surface area contributed by atoms with Gasteiger partial charge in [0.25, 0.3) is 0 Å². The molecule has 1 aliphatic carbocycles. The van der Waals surface area contributed by atoms with Gasteiger partial charge in [0.15, 0.2) is 0 Å². The number of alkyl halides is 1. The topological polar surface area (TPSA) is 0 Å². The van der Waals surface area contributed by atoms with Crippen LogP contribution in [-0.2, 0) is 6.42 Å². The fourth-order valence-corrected chi connectivity index (χ4v) is 4.79. The van der Waals surface area contributed by atoms with Gasteiger partial charge in [0, 0.05) is 5.88 Å². The smallest absolute Gasteiger partial charge is 0.0264 e. The van der Waals surface area contributed by atoms with Crippen molar-refractivity contribution in [2.75, 3.05) is 5.88 Å². The van der Waals surface area contributed by atoms with E-state index < -0.39 is 0 Å². The Bertz CT molecular complexity index is 1270. The third kappa shape index (κ3) is 4.20. The third-order valence-corrected chi connectivity index (χ3v) is 6.23. The van der Waals surface area contributed by atoms with Crippen molar-refractivity contribution in [3.63, 3.8) is 0 Å². The Labute approximate surface area is 195 Å². The minimum absolute atomic E-state index is 0.600. The van der Waals surface area contributed by atoms with Crippen molar-refractivity contribution in [2.24, 2.45) is 0 Å². The maximum absolute atomic E-state index is 6.32. The van der Waals surface area contributed by atoms with E-state index in [1.807, 2.05) is 0 Å². The lowest BCUT2D eigenvalue weighted by Crippen LogP contribution is -1.92. The summed E-state index contributed by atoms with van der Waals surface area (Å²) in [6, 6.07) is 38.9. The maximum Gasteiger partial charge on any atom is 0.0264 e. The zero-order chi connectivity index (χ0) is 21.8. The molecule has 0 nitrogen and oxygen atoms in total. The van der Waals surface area contributed by atoms with E-state index in [9.17, 15) is 0 Å². The molecule has 5 rings (SSSR count). The lowest BCUT2D eigenvalue weighted by molar-refractivity contribution is 1.18. The highest BCUT2D eigenvalue weighted by Gasteiger charge is 2.27. The number of rotatable bonds is 6. The Morgan fingerprint density at radius 2 is 1.28 bits per heavy atom. The summed E-state index contributed by atoms with van der Waals surface area (Å²) in [5, 5.41) is 0. The Morgan fingerprint density at radius 3 is 1.97 bits per heavy atom. The van der Waals surface area contributed by atoms with E-state index in [4.69, 9.17) is 11.6 Å². The lowest BCUT2D eigenvalue weighted by Gasteiger charge is -2.09. The quantitative estimate of drug-likeness (QED) is 0.269. The van der Waals surface area contributed by atoms with Crippen molar-refractivity contribution >= 4 is 28.8 Å². The average molecular weight is 433 g/mol. The van der Waals surface area contributed by atoms with Crippen molar-refractivity contribution in [1.82, 2.24) is 0 Å². The fraction of sp³-hybridized carbons (Fsp3) is 0.0968. The Hall–Kier alpha value is -3.35. The van der Waals surface area contributed by atoms with E-state index in [2.05, 4.69) is 115 Å². The molecule has 0 spiro atoms. The second-order valence-corrected chi connectivity index (χ2v) is 8.55. The summed E-state index contributed by atoms with van der Waals surface area (Å²) in [6.45, 7) is 0. The van der Waals surface area contributed by atoms with Crippen molar-refractivity contribution in [1.29, 1.82) is 0 Å². The molecule has 4 aromatic rings. The summed E-state index contributed by atoms with van der Waals surface area (Å²) in [5.41, 5.74) is 11.7. The van der Waals surface area contributed by atoms with Gasteiger partial charge in [-0.1, -0.05) is 109 Å². The second-order valence-electron chi connectivity index (χ2n) is 8.17. The Morgan fingerprint density at radius 1 is 0.625 bits per heavy atom. The molecule has 32 heavy (non-hydrogen) atoms. The molecule has 0 aliphatic heterocycles. The molecule has 0 saturated heterocycles. The minimum atomic E-state index is 0.600. The normalized spacial score (nSPS) is 14.1. The maximum atomic E-state index is 6.32. The largest absolute Gasteiger partial charge is 0.126 e. The first-order chi connectivity index (χ1) is 15.8. The van der Waals surface area contributed by atoms with Crippen LogP contribution in [0.5, 0.6) is 0 Å². The third-order valence-electron chi connectivity index (χ3n) is 6.04. The van der Waals surface area contributed by atoms with Gasteiger partial charge in [-0.05, 0) is 69.0 Å². The zero-order valence-electron chi connectivity index (χ0n) is 18.0. The van der Waals surface area contributed by atoms with Crippen LogP contribution in [0.15, 0.2) is 115 Å². The van der Waals surface area contributed by atoms with Gasteiger partial charge in [-0.15, -0.1) is 11.6 Å². The SMILES string of the molecule is ClCCC1=C(c2ccccc2)c2ccc(Cc3ccccc3)cc2/C1=C/c1ccccc1. The van der Waals surface area contributed by atoms with E-state index in [1.54, 1.807) is 0 Å². The molecule has 0 unspecified atom stereocenters. The first-order valence-corrected chi connectivity index (χ1v) is 11.7. The van der Waals surface area contributed by atoms with E-state index in [0.29, 0.717) is 5.88 Å². The van der Waals surface area contributed by atoms with Crippen molar-refractivity contribution < 1.29 is 0 Å². The van der Waals surface area contributed by atoms with Crippen molar-refractivity contribution in [2.45, 2.75) is 12.8 Å². The average Bonchev–Trinajstić information content (AvgIpc) is 3.13. The van der Waals surface area contributed by atoms with E-state index in [-0.39, 0.29) is 0 Å². The van der Waals surface area contributed by atoms with Crippen LogP contribution in [0.3, 0.4) is 0 Å². The molecule has 0 aromatic heterocycles. The summed E-state index contributed by atoms with van der Waals surface area (Å²) in [6.07, 6.45) is 4.09. The van der Waals surface area contributed by atoms with Gasteiger partial charge in [-0.25, -0.2) is 0 Å². The van der Waals surface area contributed by atoms with Crippen molar-refractivity contribution in [3.8, 4) is 0 Å². The number of halogens is 1. The Balaban J connectivity index is 1.68. The molecule has 0 amide bonds. The molecule has 1 heteroatoms. The molecule has 4 aromatic carbocycles. The van der Waals surface area contributed by atoms with Gasteiger partial charge in [0.05, 0.1) is 0 Å². The Kier molecular flexibility index (Phi) is 6.05. The predicted molar refractivity (Wildman–Crippen MR) is 138 cm³/mol. The van der Waals surface area contributed by atoms with E-state index in [0.717, 1.165) is 12.8 Å². The molecular formula is C31H25Cl. The summed E-state index contributed by atoms with van der Waals surface area (Å²) in [7, 11) is 0. The lowest BCUT2D eigenvalue weighted by atomic mass is 9.95. The van der Waals surface area contributed by atoms with Crippen LogP contribution in [0.1, 0.15) is 39.8 Å². The van der Waals surface area contributed by atoms with Gasteiger partial charge in [0.2, 0.25) is 0 Å². The molecule has 1 aliphatic rings. The van der Waals surface area contributed by atoms with Gasteiger partial charge in [0.1, 0.15) is 0 Å². The molecule has 0 radical (unpaired) electrons. The van der Waals surface area contributed by atoms with Gasteiger partial charge >= 0.3 is 0 Å². The molecule has 0 heterocycles. The highest BCUT2D eigenvalue weighted by atomic mass is 35.5. The number of hydrogen-bond donors (Lipinski definition) is 0. The standard InChI is InChI=1S/C31H25Cl/c32-19-18-28-29(21-24-12-6-2-7-13-24)30-22-25(20-23-10-4-1-5-11-23)16-17-27(30)31(28)26-14-8-3-9-15-26/h1-17,21-22H,18-20H2/b29-21+. The highest BCUT2D eigenvalue weighted by molar-refractivity contribution is 6.19. The molecule has 0 bridgehead atoms. The molecule has 156 valence electrons. The first-order valence-electron chi connectivity index (χ1n) is 11.1. The summed E-state index contributed by atoms with van der Waals surface area (Å²) in [4.78, 5) is 0. The number of fused-ring (bicyclic) bond motifs is 1. The van der Waals surface area contributed by atoms with Crippen LogP contribution in [0, 0.1) is 0 Å². The van der Waals surface area contributed by atoms with Crippen LogP contribution < -0.4 is 0 Å². The number of benzene rings is 4. The molecule has 0 atom stereocenters. The first kappa shape index (κ1) is 20.5. The monoisotopic (exact) mass is 432 g/mol. The highest BCUT2D eigenvalue weighted by Crippen LogP contribution is 2.47. The summed E-state index contributed by atoms with van der Waals surface area (Å²) in [5.74, 6) is 0.600. The number of allylic oxidation sites excluding steroid dienone is 2. The van der Waals surface area contributed by atoms with Crippen LogP contribution >= 0.6 is 11.6 Å². The van der Waals surface area contributed by atoms with Crippen molar-refractivity contribution in [3.05, 3.63) is 148 Å². The van der Waals surface area contributed by atoms with E-state index in [1.165, 1.54) is 50.1 Å².